The number of hydrogen-bond acceptors (Lipinski definition) is 4. The molecule has 23 heavy (non-hydrogen) atoms. The van der Waals surface area contributed by atoms with Crippen LogP contribution >= 0.6 is 11.6 Å². The molecule has 0 aromatic heterocycles. The first-order chi connectivity index (χ1) is 10.9. The van der Waals surface area contributed by atoms with Crippen LogP contribution in [0.3, 0.4) is 0 Å². The fourth-order valence-electron chi connectivity index (χ4n) is 1.80. The van der Waals surface area contributed by atoms with Gasteiger partial charge in [0.2, 0.25) is 0 Å². The molecular weight excluding hydrogens is 324 g/mol. The predicted molar refractivity (Wildman–Crippen MR) is 87.3 cm³/mol. The Morgan fingerprint density at radius 2 is 2.13 bits per heavy atom. The van der Waals surface area contributed by atoms with Crippen LogP contribution in [0.25, 0.3) is 0 Å². The topological polar surface area (TPSA) is 96.9 Å². The Balaban J connectivity index is 2.61. The number of urea groups is 1. The lowest BCUT2D eigenvalue weighted by atomic mass is 10.3. The standard InChI is InChI=1S/C15H21ClN2O5/c1-10(9-22-2)23-13-6-5-11(16)8-12(13)18-15(21)17-7-3-4-14(19)20/h5-6,8,10H,3-4,7,9H2,1-2H3,(H,19,20)(H2,17,18,21). The van der Waals surface area contributed by atoms with Crippen LogP contribution in [-0.2, 0) is 9.53 Å². The number of amides is 2. The number of ether oxygens (including phenoxy) is 2. The van der Waals surface area contributed by atoms with E-state index >= 15 is 0 Å². The van der Waals surface area contributed by atoms with E-state index in [0.717, 1.165) is 0 Å². The van der Waals surface area contributed by atoms with Gasteiger partial charge in [0.15, 0.2) is 0 Å². The van der Waals surface area contributed by atoms with Crippen molar-refractivity contribution in [2.45, 2.75) is 25.9 Å². The summed E-state index contributed by atoms with van der Waals surface area (Å²) in [5.74, 6) is -0.426. The van der Waals surface area contributed by atoms with Crippen LogP contribution in [0.1, 0.15) is 19.8 Å². The number of aliphatic carboxylic acids is 1. The number of nitrogens with one attached hydrogen (secondary N) is 2. The van der Waals surface area contributed by atoms with Crippen molar-refractivity contribution in [2.24, 2.45) is 0 Å². The molecule has 0 fully saturated rings. The van der Waals surface area contributed by atoms with Gasteiger partial charge in [-0.25, -0.2) is 4.79 Å². The molecule has 0 spiro atoms. The number of carboxylic acid groups (broad SMARTS) is 1. The Hall–Kier alpha value is -1.99. The Morgan fingerprint density at radius 1 is 1.39 bits per heavy atom. The second-order valence-electron chi connectivity index (χ2n) is 4.90. The maximum atomic E-state index is 11.8. The molecule has 128 valence electrons. The number of hydrogen-bond donors (Lipinski definition) is 3. The van der Waals surface area contributed by atoms with Crippen molar-refractivity contribution in [2.75, 3.05) is 25.6 Å². The minimum Gasteiger partial charge on any atom is -0.486 e. The predicted octanol–water partition coefficient (Wildman–Crippen LogP) is 2.74. The van der Waals surface area contributed by atoms with Gasteiger partial charge < -0.3 is 25.2 Å². The second-order valence-corrected chi connectivity index (χ2v) is 5.34. The lowest BCUT2D eigenvalue weighted by Crippen LogP contribution is -2.30. The first kappa shape index (κ1) is 19.1. The molecule has 1 atom stereocenters. The smallest absolute Gasteiger partial charge is 0.319 e. The molecule has 0 radical (unpaired) electrons. The lowest BCUT2D eigenvalue weighted by Gasteiger charge is -2.17. The molecule has 8 heteroatoms. The Morgan fingerprint density at radius 3 is 2.78 bits per heavy atom. The molecule has 0 heterocycles. The third kappa shape index (κ3) is 7.71. The molecule has 1 aromatic carbocycles. The van der Waals surface area contributed by atoms with Gasteiger partial charge in [-0.15, -0.1) is 0 Å². The molecule has 1 rings (SSSR count). The summed E-state index contributed by atoms with van der Waals surface area (Å²) in [7, 11) is 1.57. The van der Waals surface area contributed by atoms with Crippen LogP contribution in [0.2, 0.25) is 5.02 Å². The molecule has 0 saturated carbocycles. The highest BCUT2D eigenvalue weighted by Gasteiger charge is 2.12. The third-order valence-corrected chi connectivity index (χ3v) is 3.01. The molecule has 2 amide bonds. The summed E-state index contributed by atoms with van der Waals surface area (Å²) < 4.78 is 10.7. The summed E-state index contributed by atoms with van der Waals surface area (Å²) in [6, 6.07) is 4.44. The van der Waals surface area contributed by atoms with Gasteiger partial charge in [-0.1, -0.05) is 11.6 Å². The van der Waals surface area contributed by atoms with Gasteiger partial charge >= 0.3 is 12.0 Å². The van der Waals surface area contributed by atoms with E-state index in [2.05, 4.69) is 10.6 Å². The monoisotopic (exact) mass is 344 g/mol. The molecule has 0 aliphatic carbocycles. The highest BCUT2D eigenvalue weighted by Crippen LogP contribution is 2.28. The Kier molecular flexibility index (Phi) is 8.21. The summed E-state index contributed by atoms with van der Waals surface area (Å²) >= 11 is 5.94. The number of carboxylic acids is 1. The van der Waals surface area contributed by atoms with E-state index in [1.54, 1.807) is 25.3 Å². The van der Waals surface area contributed by atoms with Gasteiger partial charge in [-0.2, -0.15) is 0 Å². The van der Waals surface area contributed by atoms with Gasteiger partial charge in [0.1, 0.15) is 11.9 Å². The van der Waals surface area contributed by atoms with E-state index in [0.29, 0.717) is 29.5 Å². The Bertz CT molecular complexity index is 539. The first-order valence-electron chi connectivity index (χ1n) is 7.14. The first-order valence-corrected chi connectivity index (χ1v) is 7.52. The molecule has 0 aliphatic heterocycles. The molecule has 0 bridgehead atoms. The van der Waals surface area contributed by atoms with Crippen molar-refractivity contribution in [3.63, 3.8) is 0 Å². The average Bonchev–Trinajstić information content (AvgIpc) is 2.46. The summed E-state index contributed by atoms with van der Waals surface area (Å²) in [5, 5.41) is 14.2. The summed E-state index contributed by atoms with van der Waals surface area (Å²) in [6.07, 6.45) is 0.160. The zero-order valence-electron chi connectivity index (χ0n) is 13.1. The second kappa shape index (κ2) is 9.91. The molecule has 0 aliphatic rings. The van der Waals surface area contributed by atoms with Crippen LogP contribution < -0.4 is 15.4 Å². The highest BCUT2D eigenvalue weighted by atomic mass is 35.5. The summed E-state index contributed by atoms with van der Waals surface area (Å²) in [6.45, 7) is 2.51. The number of carbonyl (C=O) groups excluding carboxylic acids is 1. The van der Waals surface area contributed by atoms with Gasteiger partial charge in [0.25, 0.3) is 0 Å². The number of carbonyl (C=O) groups is 2. The van der Waals surface area contributed by atoms with Crippen molar-refractivity contribution < 1.29 is 24.2 Å². The van der Waals surface area contributed by atoms with E-state index < -0.39 is 12.0 Å². The summed E-state index contributed by atoms with van der Waals surface area (Å²) in [4.78, 5) is 22.2. The number of halogens is 1. The fourth-order valence-corrected chi connectivity index (χ4v) is 1.97. The molecule has 7 nitrogen and oxygen atoms in total. The largest absolute Gasteiger partial charge is 0.486 e. The molecule has 1 aromatic rings. The van der Waals surface area contributed by atoms with Crippen molar-refractivity contribution in [3.05, 3.63) is 23.2 Å². The van der Waals surface area contributed by atoms with E-state index in [4.69, 9.17) is 26.2 Å². The summed E-state index contributed by atoms with van der Waals surface area (Å²) in [5.41, 5.74) is 0.427. The van der Waals surface area contributed by atoms with Gasteiger partial charge in [0.05, 0.1) is 12.3 Å². The number of benzene rings is 1. The quantitative estimate of drug-likeness (QED) is 0.598. The number of anilines is 1. The van der Waals surface area contributed by atoms with Crippen LogP contribution in [-0.4, -0.2) is 43.5 Å². The zero-order chi connectivity index (χ0) is 17.2. The maximum absolute atomic E-state index is 11.8. The number of methoxy groups -OCH3 is 1. The van der Waals surface area contributed by atoms with Crippen LogP contribution in [0.15, 0.2) is 18.2 Å². The van der Waals surface area contributed by atoms with Crippen molar-refractivity contribution in [1.82, 2.24) is 5.32 Å². The van der Waals surface area contributed by atoms with Gasteiger partial charge in [-0.3, -0.25) is 4.79 Å². The average molecular weight is 345 g/mol. The van der Waals surface area contributed by atoms with E-state index in [1.807, 2.05) is 6.92 Å². The van der Waals surface area contributed by atoms with Crippen molar-refractivity contribution in [1.29, 1.82) is 0 Å². The van der Waals surface area contributed by atoms with Gasteiger partial charge in [0, 0.05) is 25.1 Å². The van der Waals surface area contributed by atoms with Gasteiger partial charge in [-0.05, 0) is 31.5 Å². The molecule has 3 N–H and O–H groups in total. The fraction of sp³-hybridized carbons (Fsp3) is 0.467. The van der Waals surface area contributed by atoms with Crippen molar-refractivity contribution >= 4 is 29.3 Å². The number of rotatable bonds is 9. The third-order valence-electron chi connectivity index (χ3n) is 2.77. The van der Waals surface area contributed by atoms with Crippen LogP contribution in [0.5, 0.6) is 5.75 Å². The Labute approximate surface area is 139 Å². The lowest BCUT2D eigenvalue weighted by molar-refractivity contribution is -0.137. The maximum Gasteiger partial charge on any atom is 0.319 e. The molecular formula is C15H21ClN2O5. The highest BCUT2D eigenvalue weighted by molar-refractivity contribution is 6.31. The zero-order valence-corrected chi connectivity index (χ0v) is 13.9. The van der Waals surface area contributed by atoms with Crippen molar-refractivity contribution in [3.8, 4) is 5.75 Å². The normalized spacial score (nSPS) is 11.6. The molecule has 1 unspecified atom stereocenters. The SMILES string of the molecule is COCC(C)Oc1ccc(Cl)cc1NC(=O)NCCCC(=O)O. The van der Waals surface area contributed by atoms with E-state index in [9.17, 15) is 9.59 Å². The molecule has 0 saturated heterocycles. The van der Waals surface area contributed by atoms with Crippen LogP contribution in [0.4, 0.5) is 10.5 Å². The minimum absolute atomic E-state index is 0.000336. The van der Waals surface area contributed by atoms with E-state index in [-0.39, 0.29) is 19.1 Å². The van der Waals surface area contributed by atoms with Crippen LogP contribution in [0, 0.1) is 0 Å². The van der Waals surface area contributed by atoms with E-state index in [1.165, 1.54) is 0 Å². The minimum atomic E-state index is -0.898.